The molecular weight excluding hydrogens is 303 g/mol. The minimum atomic E-state index is -2.41. The Balaban J connectivity index is 4.39. The molecule has 0 bridgehead atoms. The molecule has 3 nitrogen and oxygen atoms in total. The number of unbranched alkanes of at least 4 members (excludes halogenated alkanes) is 7. The predicted molar refractivity (Wildman–Crippen MR) is 102 cm³/mol. The van der Waals surface area contributed by atoms with Gasteiger partial charge >= 0.3 is 0 Å². The van der Waals surface area contributed by atoms with Crippen LogP contribution in [0.4, 0.5) is 0 Å². The average Bonchev–Trinajstić information content (AvgIpc) is 2.47. The first-order valence-electron chi connectivity index (χ1n) is 9.63. The van der Waals surface area contributed by atoms with Crippen molar-refractivity contribution < 1.29 is 4.57 Å². The molecule has 0 fully saturated rings. The van der Waals surface area contributed by atoms with Crippen molar-refractivity contribution in [3.8, 4) is 6.07 Å². The molecule has 0 saturated heterocycles. The predicted octanol–water partition coefficient (Wildman–Crippen LogP) is 6.44. The molecule has 0 aromatic carbocycles. The van der Waals surface area contributed by atoms with E-state index in [1.165, 1.54) is 44.9 Å². The normalized spacial score (nSPS) is 14.4. The van der Waals surface area contributed by atoms with Crippen molar-refractivity contribution in [2.24, 2.45) is 0 Å². The van der Waals surface area contributed by atoms with Gasteiger partial charge in [-0.3, -0.25) is 0 Å². The van der Waals surface area contributed by atoms with E-state index in [0.717, 1.165) is 12.6 Å². The summed E-state index contributed by atoms with van der Waals surface area (Å²) in [4.78, 5) is 0. The molecule has 23 heavy (non-hydrogen) atoms. The van der Waals surface area contributed by atoms with E-state index < -0.39 is 7.29 Å². The second-order valence-electron chi connectivity index (χ2n) is 7.24. The van der Waals surface area contributed by atoms with Gasteiger partial charge in [0.15, 0.2) is 7.29 Å². The third kappa shape index (κ3) is 9.53. The molecule has 1 atom stereocenters. The van der Waals surface area contributed by atoms with E-state index in [4.69, 9.17) is 5.26 Å². The largest absolute Gasteiger partial charge is 0.306 e. The first-order chi connectivity index (χ1) is 10.9. The summed E-state index contributed by atoms with van der Waals surface area (Å²) < 4.78 is 15.7. The molecule has 136 valence electrons. The first-order valence-corrected chi connectivity index (χ1v) is 11.7. The van der Waals surface area contributed by atoms with E-state index in [9.17, 15) is 4.57 Å². The zero-order valence-electron chi connectivity index (χ0n) is 16.2. The van der Waals surface area contributed by atoms with E-state index >= 15 is 0 Å². The van der Waals surface area contributed by atoms with E-state index in [1.807, 2.05) is 0 Å². The lowest BCUT2D eigenvalue weighted by atomic mass is 10.1. The molecule has 1 unspecified atom stereocenters. The SMILES string of the molecule is CCCCCCCCCCP(=O)(CCC#N)N(C(C)C)C(C)C. The zero-order chi connectivity index (χ0) is 17.7. The van der Waals surface area contributed by atoms with Crippen LogP contribution < -0.4 is 0 Å². The Kier molecular flexibility index (Phi) is 12.8. The lowest BCUT2D eigenvalue weighted by Crippen LogP contribution is -2.36. The molecule has 0 aliphatic rings. The molecule has 0 aliphatic heterocycles. The van der Waals surface area contributed by atoms with Crippen LogP contribution in [0, 0.1) is 11.3 Å². The summed E-state index contributed by atoms with van der Waals surface area (Å²) in [6.07, 6.45) is 11.8. The van der Waals surface area contributed by atoms with E-state index in [0.29, 0.717) is 12.6 Å². The van der Waals surface area contributed by atoms with Crippen LogP contribution in [-0.4, -0.2) is 29.1 Å². The smallest absolute Gasteiger partial charge is 0.151 e. The highest BCUT2D eigenvalue weighted by atomic mass is 31.2. The number of rotatable bonds is 14. The minimum absolute atomic E-state index is 0.272. The summed E-state index contributed by atoms with van der Waals surface area (Å²) in [6.45, 7) is 10.7. The molecule has 4 heteroatoms. The van der Waals surface area contributed by atoms with Crippen molar-refractivity contribution in [2.45, 2.75) is 104 Å². The lowest BCUT2D eigenvalue weighted by Gasteiger charge is -2.38. The van der Waals surface area contributed by atoms with Crippen LogP contribution in [0.3, 0.4) is 0 Å². The topological polar surface area (TPSA) is 44.1 Å². The average molecular weight is 343 g/mol. The van der Waals surface area contributed by atoms with Crippen molar-refractivity contribution in [1.82, 2.24) is 4.67 Å². The third-order valence-corrected chi connectivity index (χ3v) is 8.12. The molecule has 0 aromatic rings. The minimum Gasteiger partial charge on any atom is -0.306 e. The fourth-order valence-electron chi connectivity index (χ4n) is 3.50. The van der Waals surface area contributed by atoms with Crippen LogP contribution in [-0.2, 0) is 4.57 Å². The van der Waals surface area contributed by atoms with Gasteiger partial charge < -0.3 is 4.57 Å². The molecule has 0 aromatic heterocycles. The van der Waals surface area contributed by atoms with E-state index in [-0.39, 0.29) is 12.1 Å². The monoisotopic (exact) mass is 342 g/mol. The maximum atomic E-state index is 13.5. The Bertz CT molecular complexity index is 366. The highest BCUT2D eigenvalue weighted by molar-refractivity contribution is 7.61. The summed E-state index contributed by atoms with van der Waals surface area (Å²) in [6, 6.07) is 2.73. The second kappa shape index (κ2) is 13.0. The fourth-order valence-corrected chi connectivity index (χ4v) is 7.03. The summed E-state index contributed by atoms with van der Waals surface area (Å²) >= 11 is 0. The Hall–Kier alpha value is -0.320. The third-order valence-electron chi connectivity index (χ3n) is 4.41. The number of nitriles is 1. The second-order valence-corrected chi connectivity index (χ2v) is 10.3. The summed E-state index contributed by atoms with van der Waals surface area (Å²) in [7, 11) is -2.41. The quantitative estimate of drug-likeness (QED) is 0.269. The molecule has 0 radical (unpaired) electrons. The summed E-state index contributed by atoms with van der Waals surface area (Å²) in [5.74, 6) is 0. The van der Waals surface area contributed by atoms with Crippen molar-refractivity contribution in [2.75, 3.05) is 12.3 Å². The van der Waals surface area contributed by atoms with Crippen molar-refractivity contribution in [3.05, 3.63) is 0 Å². The van der Waals surface area contributed by atoms with E-state index in [2.05, 4.69) is 45.4 Å². The molecule has 0 aliphatic carbocycles. The van der Waals surface area contributed by atoms with Crippen LogP contribution in [0.15, 0.2) is 0 Å². The Morgan fingerprint density at radius 3 is 1.78 bits per heavy atom. The highest BCUT2D eigenvalue weighted by Crippen LogP contribution is 2.53. The molecular formula is C19H39N2OP. The van der Waals surface area contributed by atoms with Crippen LogP contribution in [0.25, 0.3) is 0 Å². The molecule has 0 amide bonds. The lowest BCUT2D eigenvalue weighted by molar-refractivity contribution is 0.298. The van der Waals surface area contributed by atoms with Gasteiger partial charge in [0, 0.05) is 30.8 Å². The fraction of sp³-hybridized carbons (Fsp3) is 0.947. The van der Waals surface area contributed by atoms with Gasteiger partial charge in [-0.1, -0.05) is 51.9 Å². The summed E-state index contributed by atoms with van der Waals surface area (Å²) in [5.41, 5.74) is 0. The van der Waals surface area contributed by atoms with Crippen LogP contribution in [0.2, 0.25) is 0 Å². The standard InChI is InChI=1S/C19H39N2OP/c1-6-7-8-9-10-11-12-13-16-23(22,17-14-15-20)21(18(2)3)19(4)5/h18-19H,6-14,16-17H2,1-5H3. The zero-order valence-corrected chi connectivity index (χ0v) is 17.1. The molecule has 0 N–H and O–H groups in total. The van der Waals surface area contributed by atoms with Gasteiger partial charge in [-0.25, -0.2) is 4.67 Å². The van der Waals surface area contributed by atoms with Crippen LogP contribution in [0.5, 0.6) is 0 Å². The first kappa shape index (κ1) is 22.7. The van der Waals surface area contributed by atoms with Crippen LogP contribution >= 0.6 is 7.29 Å². The molecule has 0 spiro atoms. The Morgan fingerprint density at radius 2 is 1.35 bits per heavy atom. The number of hydrogen-bond acceptors (Lipinski definition) is 2. The molecule has 0 saturated carbocycles. The van der Waals surface area contributed by atoms with Gasteiger partial charge in [0.05, 0.1) is 6.07 Å². The van der Waals surface area contributed by atoms with Crippen LogP contribution in [0.1, 0.15) is 92.4 Å². The maximum Gasteiger partial charge on any atom is 0.151 e. The molecule has 0 heterocycles. The number of hydrogen-bond donors (Lipinski definition) is 0. The van der Waals surface area contributed by atoms with Gasteiger partial charge in [0.1, 0.15) is 0 Å². The Labute approximate surface area is 145 Å². The van der Waals surface area contributed by atoms with E-state index in [1.54, 1.807) is 0 Å². The highest BCUT2D eigenvalue weighted by Gasteiger charge is 2.33. The molecule has 0 rings (SSSR count). The van der Waals surface area contributed by atoms with Gasteiger partial charge in [0.25, 0.3) is 0 Å². The summed E-state index contributed by atoms with van der Waals surface area (Å²) in [5, 5.41) is 8.91. The Morgan fingerprint density at radius 1 is 0.870 bits per heavy atom. The van der Waals surface area contributed by atoms with Gasteiger partial charge in [-0.05, 0) is 34.1 Å². The van der Waals surface area contributed by atoms with Crippen molar-refractivity contribution in [1.29, 1.82) is 5.26 Å². The number of nitrogens with zero attached hydrogens (tertiary/aromatic N) is 2. The van der Waals surface area contributed by atoms with Crippen molar-refractivity contribution >= 4 is 7.29 Å². The van der Waals surface area contributed by atoms with Gasteiger partial charge in [0.2, 0.25) is 0 Å². The van der Waals surface area contributed by atoms with Gasteiger partial charge in [-0.15, -0.1) is 0 Å². The maximum absolute atomic E-state index is 13.5. The van der Waals surface area contributed by atoms with Gasteiger partial charge in [-0.2, -0.15) is 5.26 Å². The van der Waals surface area contributed by atoms with Crippen molar-refractivity contribution in [3.63, 3.8) is 0 Å².